The lowest BCUT2D eigenvalue weighted by Crippen LogP contribution is -2.04. The predicted molar refractivity (Wildman–Crippen MR) is 101 cm³/mol. The maximum atomic E-state index is 9.33. The summed E-state index contributed by atoms with van der Waals surface area (Å²) in [6.45, 7) is 2.73. The highest BCUT2D eigenvalue weighted by atomic mass is 32.2. The lowest BCUT2D eigenvalue weighted by molar-refractivity contribution is 0.474. The maximum Gasteiger partial charge on any atom is 0.166 e. The van der Waals surface area contributed by atoms with Gasteiger partial charge in [-0.2, -0.15) is 0 Å². The summed E-state index contributed by atoms with van der Waals surface area (Å²) < 4.78 is 28.0. The van der Waals surface area contributed by atoms with Crippen molar-refractivity contribution in [3.05, 3.63) is 103 Å². The zero-order valence-corrected chi connectivity index (χ0v) is 15.1. The summed E-state index contributed by atoms with van der Waals surface area (Å²) >= 11 is 0. The first-order valence-electron chi connectivity index (χ1n) is 7.49. The Labute approximate surface area is 151 Å². The van der Waals surface area contributed by atoms with Gasteiger partial charge in [-0.05, 0) is 36.4 Å². The van der Waals surface area contributed by atoms with E-state index in [0.717, 1.165) is 0 Å². The molecule has 5 heteroatoms. The molecule has 0 atom stereocenters. The van der Waals surface area contributed by atoms with Gasteiger partial charge in [0.25, 0.3) is 0 Å². The summed E-state index contributed by atoms with van der Waals surface area (Å²) in [6, 6.07) is 32.2. The van der Waals surface area contributed by atoms with Crippen LogP contribution in [0.4, 0.5) is 0 Å². The molecule has 0 radical (unpaired) electrons. The fraction of sp³-hybridized carbons (Fsp3) is 0. The quantitative estimate of drug-likeness (QED) is 0.503. The van der Waals surface area contributed by atoms with Gasteiger partial charge in [0.15, 0.2) is 14.7 Å². The lowest BCUT2D eigenvalue weighted by Gasteiger charge is -2.07. The topological polar surface area (TPSA) is 57.2 Å². The number of rotatable bonds is 4. The molecule has 3 aromatic carbocycles. The highest BCUT2D eigenvalue weighted by molar-refractivity contribution is 7.97. The molecule has 0 saturated heterocycles. The Balaban J connectivity index is 0.000000326. The summed E-state index contributed by atoms with van der Waals surface area (Å²) in [7, 11) is -4.16. The van der Waals surface area contributed by atoms with E-state index in [1.54, 1.807) is 0 Å². The SMILES string of the molecule is C=CS(=O)(=O)[O-].c1ccc([S+](c2ccccc2)c2ccccc2)cc1. The third-order valence-electron chi connectivity index (χ3n) is 3.14. The van der Waals surface area contributed by atoms with Crippen molar-refractivity contribution in [3.63, 3.8) is 0 Å². The van der Waals surface area contributed by atoms with Crippen LogP contribution in [-0.2, 0) is 21.0 Å². The summed E-state index contributed by atoms with van der Waals surface area (Å²) in [5.74, 6) is 0. The molecule has 0 heterocycles. The molecule has 0 saturated carbocycles. The van der Waals surface area contributed by atoms with Crippen LogP contribution in [-0.4, -0.2) is 13.0 Å². The Morgan fingerprint density at radius 3 is 1.12 bits per heavy atom. The van der Waals surface area contributed by atoms with Gasteiger partial charge in [-0.3, -0.25) is 0 Å². The molecular formula is C20H18O3S2. The third kappa shape index (κ3) is 6.23. The van der Waals surface area contributed by atoms with Gasteiger partial charge in [-0.25, -0.2) is 8.42 Å². The van der Waals surface area contributed by atoms with Gasteiger partial charge in [0, 0.05) is 5.41 Å². The highest BCUT2D eigenvalue weighted by Gasteiger charge is 2.27. The molecule has 3 nitrogen and oxygen atoms in total. The Kier molecular flexibility index (Phi) is 7.01. The number of benzene rings is 3. The second kappa shape index (κ2) is 9.22. The molecule has 25 heavy (non-hydrogen) atoms. The molecule has 3 aromatic rings. The normalized spacial score (nSPS) is 10.6. The molecule has 128 valence electrons. The molecule has 0 bridgehead atoms. The van der Waals surface area contributed by atoms with E-state index in [2.05, 4.69) is 97.6 Å². The first-order chi connectivity index (χ1) is 12.0. The summed E-state index contributed by atoms with van der Waals surface area (Å²) in [5, 5.41) is 0.354. The van der Waals surface area contributed by atoms with Crippen LogP contribution in [0.5, 0.6) is 0 Å². The van der Waals surface area contributed by atoms with Gasteiger partial charge >= 0.3 is 0 Å². The van der Waals surface area contributed by atoms with Crippen molar-refractivity contribution in [2.75, 3.05) is 0 Å². The van der Waals surface area contributed by atoms with Gasteiger partial charge in [-0.1, -0.05) is 61.2 Å². The molecule has 0 N–H and O–H groups in total. The Morgan fingerprint density at radius 2 is 0.920 bits per heavy atom. The Morgan fingerprint density at radius 1 is 0.680 bits per heavy atom. The molecule has 0 spiro atoms. The molecule has 0 aliphatic carbocycles. The van der Waals surface area contributed by atoms with E-state index in [9.17, 15) is 13.0 Å². The van der Waals surface area contributed by atoms with Gasteiger partial charge in [0.2, 0.25) is 0 Å². The minimum Gasteiger partial charge on any atom is -0.745 e. The van der Waals surface area contributed by atoms with E-state index >= 15 is 0 Å². The molecule has 0 fully saturated rings. The van der Waals surface area contributed by atoms with Crippen molar-refractivity contribution in [2.45, 2.75) is 14.7 Å². The van der Waals surface area contributed by atoms with Crippen LogP contribution in [0.1, 0.15) is 0 Å². The van der Waals surface area contributed by atoms with Crippen molar-refractivity contribution in [3.8, 4) is 0 Å². The summed E-state index contributed by atoms with van der Waals surface area (Å²) in [5.41, 5.74) is 0. The molecule has 0 aromatic heterocycles. The van der Waals surface area contributed by atoms with Crippen LogP contribution in [0, 0.1) is 0 Å². The van der Waals surface area contributed by atoms with Crippen LogP contribution < -0.4 is 0 Å². The molecule has 0 unspecified atom stereocenters. The molecule has 3 rings (SSSR count). The second-order valence-corrected chi connectivity index (χ2v) is 8.25. The second-order valence-electron chi connectivity index (χ2n) is 4.90. The minimum atomic E-state index is -4.15. The van der Waals surface area contributed by atoms with Crippen molar-refractivity contribution in [2.24, 2.45) is 0 Å². The lowest BCUT2D eigenvalue weighted by atomic mass is 10.4. The zero-order chi connectivity index (χ0) is 18.1. The third-order valence-corrected chi connectivity index (χ3v) is 5.78. The fourth-order valence-electron chi connectivity index (χ4n) is 2.08. The number of hydrogen-bond donors (Lipinski definition) is 0. The van der Waals surface area contributed by atoms with E-state index in [1.165, 1.54) is 14.7 Å². The van der Waals surface area contributed by atoms with E-state index < -0.39 is 10.1 Å². The Bertz CT molecular complexity index is 772. The maximum absolute atomic E-state index is 9.33. The van der Waals surface area contributed by atoms with Crippen LogP contribution in [0.15, 0.2) is 118 Å². The first-order valence-corrected chi connectivity index (χ1v) is 10.2. The molecule has 0 amide bonds. The molecular weight excluding hydrogens is 352 g/mol. The van der Waals surface area contributed by atoms with Crippen molar-refractivity contribution < 1.29 is 13.0 Å². The smallest absolute Gasteiger partial charge is 0.166 e. The first kappa shape index (κ1) is 19.0. The van der Waals surface area contributed by atoms with Gasteiger partial charge in [0.1, 0.15) is 10.1 Å². The van der Waals surface area contributed by atoms with E-state index in [-0.39, 0.29) is 10.9 Å². The van der Waals surface area contributed by atoms with E-state index in [4.69, 9.17) is 0 Å². The van der Waals surface area contributed by atoms with Crippen molar-refractivity contribution in [1.29, 1.82) is 0 Å². The van der Waals surface area contributed by atoms with Crippen LogP contribution >= 0.6 is 0 Å². The van der Waals surface area contributed by atoms with Crippen LogP contribution in [0.25, 0.3) is 0 Å². The van der Waals surface area contributed by atoms with Crippen molar-refractivity contribution >= 4 is 21.0 Å². The zero-order valence-electron chi connectivity index (χ0n) is 13.5. The summed E-state index contributed by atoms with van der Waals surface area (Å²) in [6.07, 6.45) is 0. The monoisotopic (exact) mass is 370 g/mol. The van der Waals surface area contributed by atoms with Crippen molar-refractivity contribution in [1.82, 2.24) is 0 Å². The van der Waals surface area contributed by atoms with E-state index in [1.807, 2.05) is 0 Å². The average Bonchev–Trinajstić information content (AvgIpc) is 2.65. The van der Waals surface area contributed by atoms with Gasteiger partial charge < -0.3 is 4.55 Å². The fourth-order valence-corrected chi connectivity index (χ4v) is 4.18. The van der Waals surface area contributed by atoms with Gasteiger partial charge in [-0.15, -0.1) is 0 Å². The standard InChI is InChI=1S/C18H15S.C2H4O3S/c1-4-10-16(11-5-1)19(17-12-6-2-7-13-17)18-14-8-3-9-15-18;1-2-6(3,4)5/h1-15H;2H,1H2,(H,3,4,5)/q+1;/p-1. The Hall–Kier alpha value is -2.34. The molecule has 0 aliphatic heterocycles. The van der Waals surface area contributed by atoms with E-state index in [0.29, 0.717) is 5.41 Å². The van der Waals surface area contributed by atoms with Crippen LogP contribution in [0.3, 0.4) is 0 Å². The highest BCUT2D eigenvalue weighted by Crippen LogP contribution is 2.30. The predicted octanol–water partition coefficient (Wildman–Crippen LogP) is 4.46. The summed E-state index contributed by atoms with van der Waals surface area (Å²) in [4.78, 5) is 4.08. The minimum absolute atomic E-state index is 0.0146. The number of hydrogen-bond acceptors (Lipinski definition) is 3. The van der Waals surface area contributed by atoms with Crippen LogP contribution in [0.2, 0.25) is 0 Å². The largest absolute Gasteiger partial charge is 0.745 e. The average molecular weight is 370 g/mol. The van der Waals surface area contributed by atoms with Gasteiger partial charge in [0.05, 0.1) is 10.9 Å². The molecule has 0 aliphatic rings.